The Morgan fingerprint density at radius 1 is 1.56 bits per heavy atom. The molecule has 0 fully saturated rings. The number of imidazole rings is 1. The topological polar surface area (TPSA) is 61.3 Å². The number of aromatic nitrogens is 2. The monoisotopic (exact) mass is 215 g/mol. The molecule has 0 aromatic carbocycles. The highest BCUT2D eigenvalue weighted by molar-refractivity contribution is 5.39. The van der Waals surface area contributed by atoms with Crippen LogP contribution in [0, 0.1) is 17.2 Å². The second-order valence-electron chi connectivity index (χ2n) is 3.72. The zero-order valence-electron chi connectivity index (χ0n) is 9.04. The van der Waals surface area contributed by atoms with Crippen LogP contribution in [0.15, 0.2) is 30.6 Å². The predicted molar refractivity (Wildman–Crippen MR) is 59.5 cm³/mol. The van der Waals surface area contributed by atoms with Crippen molar-refractivity contribution in [1.29, 1.82) is 5.26 Å². The Balaban J connectivity index is 2.37. The smallest absolute Gasteiger partial charge is 0.137 e. The van der Waals surface area contributed by atoms with Crippen LogP contribution in [-0.4, -0.2) is 14.5 Å². The molecule has 0 aliphatic rings. The lowest BCUT2D eigenvalue weighted by atomic mass is 9.99. The molecule has 4 nitrogen and oxygen atoms in total. The molecule has 16 heavy (non-hydrogen) atoms. The van der Waals surface area contributed by atoms with E-state index >= 15 is 0 Å². The second kappa shape index (κ2) is 4.33. The number of nitrogens with zero attached hydrogens (tertiary/aromatic N) is 3. The van der Waals surface area contributed by atoms with E-state index < -0.39 is 12.0 Å². The molecule has 1 N–H and O–H groups in total. The van der Waals surface area contributed by atoms with Crippen LogP contribution in [0.25, 0.3) is 5.65 Å². The van der Waals surface area contributed by atoms with Gasteiger partial charge < -0.3 is 9.51 Å². The molecule has 2 atom stereocenters. The molecule has 4 heteroatoms. The van der Waals surface area contributed by atoms with Crippen LogP contribution in [0.5, 0.6) is 0 Å². The average Bonchev–Trinajstić information content (AvgIpc) is 2.74. The minimum atomic E-state index is -0.810. The maximum atomic E-state index is 9.98. The van der Waals surface area contributed by atoms with Crippen LogP contribution < -0.4 is 0 Å². The predicted octanol–water partition coefficient (Wildman–Crippen LogP) is 1.92. The molecule has 0 amide bonds. The fraction of sp³-hybridized carbons (Fsp3) is 0.333. The van der Waals surface area contributed by atoms with Gasteiger partial charge in [0.05, 0.1) is 17.7 Å². The van der Waals surface area contributed by atoms with Crippen LogP contribution >= 0.6 is 0 Å². The van der Waals surface area contributed by atoms with Crippen molar-refractivity contribution < 1.29 is 5.11 Å². The van der Waals surface area contributed by atoms with Crippen LogP contribution in [-0.2, 0) is 0 Å². The summed E-state index contributed by atoms with van der Waals surface area (Å²) in [5.41, 5.74) is 1.34. The summed E-state index contributed by atoms with van der Waals surface area (Å²) in [7, 11) is 0. The van der Waals surface area contributed by atoms with Crippen molar-refractivity contribution in [2.75, 3.05) is 0 Å². The largest absolute Gasteiger partial charge is 0.385 e. The van der Waals surface area contributed by atoms with E-state index in [2.05, 4.69) is 11.1 Å². The maximum absolute atomic E-state index is 9.98. The van der Waals surface area contributed by atoms with Crippen molar-refractivity contribution in [2.45, 2.75) is 19.4 Å². The molecule has 0 saturated carbocycles. The molecule has 0 bridgehead atoms. The van der Waals surface area contributed by atoms with E-state index in [-0.39, 0.29) is 0 Å². The van der Waals surface area contributed by atoms with Gasteiger partial charge in [0.1, 0.15) is 11.8 Å². The molecule has 2 aromatic heterocycles. The third kappa shape index (κ3) is 1.77. The van der Waals surface area contributed by atoms with E-state index in [9.17, 15) is 5.11 Å². The first-order valence-corrected chi connectivity index (χ1v) is 5.27. The normalized spacial score (nSPS) is 14.6. The number of pyridine rings is 1. The highest BCUT2D eigenvalue weighted by Gasteiger charge is 2.21. The third-order valence-corrected chi connectivity index (χ3v) is 2.67. The van der Waals surface area contributed by atoms with Crippen LogP contribution in [0.4, 0.5) is 0 Å². The van der Waals surface area contributed by atoms with Gasteiger partial charge in [0, 0.05) is 12.4 Å². The number of fused-ring (bicyclic) bond motifs is 1. The zero-order chi connectivity index (χ0) is 11.5. The van der Waals surface area contributed by atoms with Gasteiger partial charge in [-0.15, -0.1) is 0 Å². The van der Waals surface area contributed by atoms with Gasteiger partial charge in [-0.3, -0.25) is 0 Å². The molecule has 0 aliphatic heterocycles. The van der Waals surface area contributed by atoms with Crippen molar-refractivity contribution in [3.63, 3.8) is 0 Å². The Morgan fingerprint density at radius 3 is 3.00 bits per heavy atom. The second-order valence-corrected chi connectivity index (χ2v) is 3.72. The summed E-state index contributed by atoms with van der Waals surface area (Å²) in [4.78, 5) is 4.29. The van der Waals surface area contributed by atoms with Gasteiger partial charge in [0.25, 0.3) is 0 Å². The lowest BCUT2D eigenvalue weighted by molar-refractivity contribution is 0.129. The van der Waals surface area contributed by atoms with Gasteiger partial charge >= 0.3 is 0 Å². The molecule has 2 rings (SSSR count). The summed E-state index contributed by atoms with van der Waals surface area (Å²) in [6, 6.07) is 7.74. The number of nitriles is 1. The maximum Gasteiger partial charge on any atom is 0.137 e. The van der Waals surface area contributed by atoms with Gasteiger partial charge in [-0.25, -0.2) is 4.98 Å². The Morgan fingerprint density at radius 2 is 2.38 bits per heavy atom. The van der Waals surface area contributed by atoms with Crippen LogP contribution in [0.1, 0.15) is 25.1 Å². The average molecular weight is 215 g/mol. The van der Waals surface area contributed by atoms with E-state index in [0.717, 1.165) is 5.65 Å². The van der Waals surface area contributed by atoms with Gasteiger partial charge in [0.2, 0.25) is 0 Å². The SMILES string of the molecule is CCC(C#N)C(O)c1cn2ccccc2n1. The van der Waals surface area contributed by atoms with Crippen molar-refractivity contribution >= 4 is 5.65 Å². The number of aliphatic hydroxyl groups excluding tert-OH is 1. The minimum Gasteiger partial charge on any atom is -0.385 e. The zero-order valence-corrected chi connectivity index (χ0v) is 9.04. The van der Waals surface area contributed by atoms with E-state index in [1.807, 2.05) is 35.7 Å². The summed E-state index contributed by atoms with van der Waals surface area (Å²) in [5, 5.41) is 18.9. The molecule has 0 saturated heterocycles. The minimum absolute atomic E-state index is 0.398. The first kappa shape index (κ1) is 10.7. The molecule has 2 heterocycles. The summed E-state index contributed by atoms with van der Waals surface area (Å²) < 4.78 is 1.84. The highest BCUT2D eigenvalue weighted by Crippen LogP contribution is 2.23. The molecule has 2 unspecified atom stereocenters. The molecular formula is C12H13N3O. The summed E-state index contributed by atoms with van der Waals surface area (Å²) in [6.07, 6.45) is 3.44. The van der Waals surface area contributed by atoms with E-state index in [1.54, 1.807) is 6.20 Å². The summed E-state index contributed by atoms with van der Waals surface area (Å²) in [6.45, 7) is 1.88. The van der Waals surface area contributed by atoms with Crippen molar-refractivity contribution in [2.24, 2.45) is 5.92 Å². The van der Waals surface area contributed by atoms with Gasteiger partial charge in [-0.2, -0.15) is 5.26 Å². The Labute approximate surface area is 93.8 Å². The first-order valence-electron chi connectivity index (χ1n) is 5.27. The highest BCUT2D eigenvalue weighted by atomic mass is 16.3. The van der Waals surface area contributed by atoms with E-state index in [1.165, 1.54) is 0 Å². The van der Waals surface area contributed by atoms with E-state index in [0.29, 0.717) is 12.1 Å². The number of rotatable bonds is 3. The fourth-order valence-electron chi connectivity index (χ4n) is 1.69. The Kier molecular flexibility index (Phi) is 2.88. The number of aliphatic hydroxyl groups is 1. The lowest BCUT2D eigenvalue weighted by Gasteiger charge is -2.11. The third-order valence-electron chi connectivity index (χ3n) is 2.67. The first-order chi connectivity index (χ1) is 7.76. The summed E-state index contributed by atoms with van der Waals surface area (Å²) >= 11 is 0. The van der Waals surface area contributed by atoms with Gasteiger partial charge in [-0.05, 0) is 18.6 Å². The van der Waals surface area contributed by atoms with Crippen LogP contribution in [0.2, 0.25) is 0 Å². The quantitative estimate of drug-likeness (QED) is 0.850. The molecule has 0 spiro atoms. The number of hydrogen-bond acceptors (Lipinski definition) is 3. The molecule has 0 aliphatic carbocycles. The van der Waals surface area contributed by atoms with Gasteiger partial charge in [0.15, 0.2) is 0 Å². The van der Waals surface area contributed by atoms with E-state index in [4.69, 9.17) is 5.26 Å². The molecule has 0 radical (unpaired) electrons. The van der Waals surface area contributed by atoms with Crippen molar-refractivity contribution in [3.8, 4) is 6.07 Å². The Hall–Kier alpha value is -1.86. The van der Waals surface area contributed by atoms with Gasteiger partial charge in [-0.1, -0.05) is 13.0 Å². The molecule has 82 valence electrons. The Bertz CT molecular complexity index is 493. The number of hydrogen-bond donors (Lipinski definition) is 1. The molecule has 2 aromatic rings. The summed E-state index contributed by atoms with van der Waals surface area (Å²) in [5.74, 6) is -0.398. The molecular weight excluding hydrogens is 202 g/mol. The lowest BCUT2D eigenvalue weighted by Crippen LogP contribution is -2.10. The standard InChI is InChI=1S/C12H13N3O/c1-2-9(7-13)12(16)10-8-15-6-4-3-5-11(15)14-10/h3-6,8-9,12,16H,2H2,1H3. The van der Waals surface area contributed by atoms with Crippen LogP contribution in [0.3, 0.4) is 0 Å². The van der Waals surface area contributed by atoms with Crippen molar-refractivity contribution in [3.05, 3.63) is 36.3 Å². The fourth-order valence-corrected chi connectivity index (χ4v) is 1.69. The van der Waals surface area contributed by atoms with Crippen molar-refractivity contribution in [1.82, 2.24) is 9.38 Å².